The number of hydrogen-bond donors (Lipinski definition) is 2. The van der Waals surface area contributed by atoms with Gasteiger partial charge in [-0.3, -0.25) is 4.79 Å². The van der Waals surface area contributed by atoms with Gasteiger partial charge in [0.15, 0.2) is 5.82 Å². The van der Waals surface area contributed by atoms with Crippen LogP contribution in [-0.4, -0.2) is 28.8 Å². The van der Waals surface area contributed by atoms with Gasteiger partial charge in [0.25, 0.3) is 0 Å². The molecule has 1 amide bonds. The lowest BCUT2D eigenvalue weighted by molar-refractivity contribution is -0.128. The van der Waals surface area contributed by atoms with Gasteiger partial charge in [-0.2, -0.15) is 5.10 Å². The Kier molecular flexibility index (Phi) is 4.92. The van der Waals surface area contributed by atoms with Crippen molar-refractivity contribution in [2.45, 2.75) is 25.7 Å². The average molecular weight is 347 g/mol. The quantitative estimate of drug-likeness (QED) is 0.898. The number of halogens is 1. The highest BCUT2D eigenvalue weighted by Gasteiger charge is 2.49. The molecule has 2 aliphatic rings. The fourth-order valence-corrected chi connectivity index (χ4v) is 4.05. The maximum atomic E-state index is 12.9. The summed E-state index contributed by atoms with van der Waals surface area (Å²) in [6.45, 7) is 1.76. The zero-order chi connectivity index (χ0) is 15.7. The standard InChI is InChI=1S/C18H22N4O.ClH/c23-17(18-10-5-4-6-14(18)12-19-13-18)20-16-9-11-22(21-16)15-7-2-1-3-8-15;/h1-3,7-9,11,14,19H,4-6,10,12-13H2,(H,20,21,23);1H/t14-,18+;/m0./s1. The Morgan fingerprint density at radius 2 is 2.08 bits per heavy atom. The number of para-hydroxylation sites is 1. The Hall–Kier alpha value is -1.85. The van der Waals surface area contributed by atoms with Gasteiger partial charge in [-0.15, -0.1) is 12.4 Å². The Morgan fingerprint density at radius 3 is 2.92 bits per heavy atom. The molecule has 1 saturated heterocycles. The number of rotatable bonds is 3. The van der Waals surface area contributed by atoms with E-state index in [-0.39, 0.29) is 23.7 Å². The largest absolute Gasteiger partial charge is 0.315 e. The van der Waals surface area contributed by atoms with Crippen molar-refractivity contribution in [3.8, 4) is 5.69 Å². The summed E-state index contributed by atoms with van der Waals surface area (Å²) in [6, 6.07) is 11.8. The molecule has 1 aromatic carbocycles. The summed E-state index contributed by atoms with van der Waals surface area (Å²) in [5.74, 6) is 1.22. The summed E-state index contributed by atoms with van der Waals surface area (Å²) < 4.78 is 1.79. The highest BCUT2D eigenvalue weighted by molar-refractivity contribution is 5.95. The molecule has 24 heavy (non-hydrogen) atoms. The molecule has 5 nitrogen and oxygen atoms in total. The first kappa shape index (κ1) is 17.0. The van der Waals surface area contributed by atoms with Gasteiger partial charge in [0.2, 0.25) is 5.91 Å². The summed E-state index contributed by atoms with van der Waals surface area (Å²) in [5, 5.41) is 11.0. The number of nitrogens with one attached hydrogen (secondary N) is 2. The number of anilines is 1. The lowest BCUT2D eigenvalue weighted by atomic mass is 9.67. The van der Waals surface area contributed by atoms with Crippen molar-refractivity contribution in [1.29, 1.82) is 0 Å². The number of benzene rings is 1. The van der Waals surface area contributed by atoms with Gasteiger partial charge in [0, 0.05) is 18.8 Å². The molecule has 6 heteroatoms. The van der Waals surface area contributed by atoms with E-state index in [1.807, 2.05) is 42.6 Å². The van der Waals surface area contributed by atoms with Crippen molar-refractivity contribution in [3.63, 3.8) is 0 Å². The summed E-state index contributed by atoms with van der Waals surface area (Å²) in [7, 11) is 0. The first-order valence-corrected chi connectivity index (χ1v) is 8.41. The molecule has 2 fully saturated rings. The zero-order valence-corrected chi connectivity index (χ0v) is 14.4. The molecule has 0 bridgehead atoms. The van der Waals surface area contributed by atoms with Crippen LogP contribution in [0.1, 0.15) is 25.7 Å². The van der Waals surface area contributed by atoms with E-state index in [4.69, 9.17) is 0 Å². The van der Waals surface area contributed by atoms with Crippen LogP contribution < -0.4 is 10.6 Å². The minimum atomic E-state index is -0.241. The van der Waals surface area contributed by atoms with E-state index in [0.29, 0.717) is 11.7 Å². The first-order chi connectivity index (χ1) is 11.3. The Balaban J connectivity index is 0.00000169. The zero-order valence-electron chi connectivity index (χ0n) is 13.6. The van der Waals surface area contributed by atoms with Gasteiger partial charge in [-0.1, -0.05) is 31.0 Å². The van der Waals surface area contributed by atoms with Crippen molar-refractivity contribution < 1.29 is 4.79 Å². The maximum absolute atomic E-state index is 12.9. The number of carbonyl (C=O) groups is 1. The highest BCUT2D eigenvalue weighted by Crippen LogP contribution is 2.44. The molecular formula is C18H23ClN4O. The molecule has 0 spiro atoms. The van der Waals surface area contributed by atoms with Gasteiger partial charge < -0.3 is 10.6 Å². The molecular weight excluding hydrogens is 324 g/mol. The molecule has 1 saturated carbocycles. The average Bonchev–Trinajstić information content (AvgIpc) is 3.23. The Bertz CT molecular complexity index is 702. The predicted octanol–water partition coefficient (Wildman–Crippen LogP) is 3.01. The molecule has 2 atom stereocenters. The Labute approximate surface area is 148 Å². The van der Waals surface area contributed by atoms with Gasteiger partial charge in [0.05, 0.1) is 11.1 Å². The van der Waals surface area contributed by atoms with Crippen LogP contribution in [0.2, 0.25) is 0 Å². The topological polar surface area (TPSA) is 59.0 Å². The van der Waals surface area contributed by atoms with Crippen LogP contribution in [0.5, 0.6) is 0 Å². The van der Waals surface area contributed by atoms with Crippen molar-refractivity contribution in [1.82, 2.24) is 15.1 Å². The van der Waals surface area contributed by atoms with Crippen molar-refractivity contribution in [2.75, 3.05) is 18.4 Å². The highest BCUT2D eigenvalue weighted by atomic mass is 35.5. The molecule has 0 unspecified atom stereocenters. The van der Waals surface area contributed by atoms with Crippen LogP contribution >= 0.6 is 12.4 Å². The van der Waals surface area contributed by atoms with E-state index in [0.717, 1.165) is 38.0 Å². The monoisotopic (exact) mass is 346 g/mol. The third kappa shape index (κ3) is 2.94. The van der Waals surface area contributed by atoms with Gasteiger partial charge in [-0.25, -0.2) is 4.68 Å². The second kappa shape index (κ2) is 6.95. The maximum Gasteiger partial charge on any atom is 0.233 e. The summed E-state index contributed by atoms with van der Waals surface area (Å²) in [4.78, 5) is 12.9. The van der Waals surface area contributed by atoms with E-state index in [1.54, 1.807) is 4.68 Å². The van der Waals surface area contributed by atoms with E-state index >= 15 is 0 Å². The number of nitrogens with zero attached hydrogens (tertiary/aromatic N) is 2. The minimum Gasteiger partial charge on any atom is -0.315 e. The lowest BCUT2D eigenvalue weighted by Gasteiger charge is -2.36. The number of hydrogen-bond acceptors (Lipinski definition) is 3. The van der Waals surface area contributed by atoms with E-state index in [1.165, 1.54) is 6.42 Å². The molecule has 4 rings (SSSR count). The van der Waals surface area contributed by atoms with Crippen LogP contribution in [0, 0.1) is 11.3 Å². The molecule has 2 N–H and O–H groups in total. The van der Waals surface area contributed by atoms with Crippen LogP contribution in [0.15, 0.2) is 42.6 Å². The fourth-order valence-electron chi connectivity index (χ4n) is 4.05. The van der Waals surface area contributed by atoms with E-state index in [9.17, 15) is 4.79 Å². The number of aromatic nitrogens is 2. The van der Waals surface area contributed by atoms with Gasteiger partial charge >= 0.3 is 0 Å². The first-order valence-electron chi connectivity index (χ1n) is 8.41. The van der Waals surface area contributed by atoms with Crippen LogP contribution in [0.3, 0.4) is 0 Å². The second-order valence-electron chi connectivity index (χ2n) is 6.66. The SMILES string of the molecule is Cl.O=C(Nc1ccn(-c2ccccc2)n1)[C@@]12CCCC[C@H]1CNC2. The molecule has 1 aliphatic carbocycles. The summed E-state index contributed by atoms with van der Waals surface area (Å²) >= 11 is 0. The van der Waals surface area contributed by atoms with Crippen LogP contribution in [0.4, 0.5) is 5.82 Å². The van der Waals surface area contributed by atoms with Crippen LogP contribution in [-0.2, 0) is 4.79 Å². The Morgan fingerprint density at radius 1 is 1.25 bits per heavy atom. The molecule has 0 radical (unpaired) electrons. The van der Waals surface area contributed by atoms with E-state index in [2.05, 4.69) is 15.7 Å². The smallest absolute Gasteiger partial charge is 0.233 e. The molecule has 2 heterocycles. The second-order valence-corrected chi connectivity index (χ2v) is 6.66. The summed E-state index contributed by atoms with van der Waals surface area (Å²) in [6.07, 6.45) is 6.40. The molecule has 128 valence electrons. The number of amides is 1. The third-order valence-electron chi connectivity index (χ3n) is 5.34. The van der Waals surface area contributed by atoms with E-state index < -0.39 is 0 Å². The number of fused-ring (bicyclic) bond motifs is 1. The number of carbonyl (C=O) groups excluding carboxylic acids is 1. The third-order valence-corrected chi connectivity index (χ3v) is 5.34. The van der Waals surface area contributed by atoms with Gasteiger partial charge in [-0.05, 0) is 37.4 Å². The summed E-state index contributed by atoms with van der Waals surface area (Å²) in [5.41, 5.74) is 0.749. The molecule has 1 aliphatic heterocycles. The predicted molar refractivity (Wildman–Crippen MR) is 96.7 cm³/mol. The normalized spacial score (nSPS) is 25.6. The fraction of sp³-hybridized carbons (Fsp3) is 0.444. The van der Waals surface area contributed by atoms with Crippen molar-refractivity contribution >= 4 is 24.1 Å². The molecule has 1 aromatic heterocycles. The van der Waals surface area contributed by atoms with Gasteiger partial charge in [0.1, 0.15) is 0 Å². The minimum absolute atomic E-state index is 0. The van der Waals surface area contributed by atoms with Crippen LogP contribution in [0.25, 0.3) is 5.69 Å². The lowest BCUT2D eigenvalue weighted by Crippen LogP contribution is -2.44. The van der Waals surface area contributed by atoms with Crippen molar-refractivity contribution in [2.24, 2.45) is 11.3 Å². The van der Waals surface area contributed by atoms with Crippen molar-refractivity contribution in [3.05, 3.63) is 42.6 Å². The molecule has 2 aromatic rings.